The molecular formula is C16H15ORf5-. The van der Waals surface area contributed by atoms with Crippen LogP contribution in [0.4, 0.5) is 0 Å². The molecule has 0 bridgehead atoms. The van der Waals surface area contributed by atoms with Crippen molar-refractivity contribution in [2.45, 2.75) is 20.8 Å². The Kier molecular flexibility index (Phi) is 5.07. The molecule has 6 heteroatoms. The molecule has 2 aromatic carbocycles. The van der Waals surface area contributed by atoms with E-state index in [1.165, 1.54) is 27.8 Å². The van der Waals surface area contributed by atoms with E-state index in [9.17, 15) is 0 Å². The van der Waals surface area contributed by atoms with Crippen molar-refractivity contribution in [1.29, 1.82) is 0 Å². The van der Waals surface area contributed by atoms with Crippen molar-refractivity contribution in [2.75, 3.05) is 0 Å². The maximum Gasteiger partial charge on any atom is 0.106 e. The number of aryl methyl sites for hydroxylation is 2. The molecule has 96 valence electrons. The Morgan fingerprint density at radius 3 is 1.82 bits per heavy atom. The first kappa shape index (κ1) is 20.5. The van der Waals surface area contributed by atoms with Gasteiger partial charge in [0.15, 0.2) is 0 Å². The largest absolute Gasteiger partial charge is 0.521 e. The van der Waals surface area contributed by atoms with Crippen LogP contribution in [-0.4, -0.2) is 0 Å². The second-order valence-electron chi connectivity index (χ2n) is 4.71. The zero-order valence-electron chi connectivity index (χ0n) is 13.9. The Labute approximate surface area is 102 Å². The third-order valence-electron chi connectivity index (χ3n) is 3.24. The first-order valence-corrected chi connectivity index (χ1v) is 5.88. The molecule has 22 heavy (non-hydrogen) atoms. The maximum atomic E-state index is 5.91. The summed E-state index contributed by atoms with van der Waals surface area (Å²) in [5, 5.41) is 0. The monoisotopic (exact) mass is 1560 g/mol. The Morgan fingerprint density at radius 2 is 1.23 bits per heavy atom. The van der Waals surface area contributed by atoms with Crippen LogP contribution in [0, 0.1) is 20.0 Å². The van der Waals surface area contributed by atoms with Gasteiger partial charge >= 0.3 is 0 Å². The van der Waals surface area contributed by atoms with Gasteiger partial charge in [0.05, 0.1) is 0 Å². The van der Waals surface area contributed by atoms with Gasteiger partial charge in [0.25, 0.3) is 0 Å². The van der Waals surface area contributed by atoms with Gasteiger partial charge in [-0.1, -0.05) is 32.0 Å². The van der Waals surface area contributed by atoms with Gasteiger partial charge in [-0.05, 0) is 30.2 Å². The van der Waals surface area contributed by atoms with Gasteiger partial charge in [0, 0.05) is 0 Å². The van der Waals surface area contributed by atoms with E-state index in [0.29, 0.717) is 0 Å². The molecule has 0 radical (unpaired) electrons. The maximum absolute atomic E-state index is 5.91. The topological polar surface area (TPSA) is 9.23 Å². The fraction of sp³-hybridized carbons (Fsp3) is 0.188. The van der Waals surface area contributed by atoms with Crippen molar-refractivity contribution < 1.29 is 4.74 Å². The molecule has 1 aliphatic heterocycles. The van der Waals surface area contributed by atoms with Gasteiger partial charge in [-0.15, -0.1) is 22.8 Å². The molecule has 0 aliphatic carbocycles. The fourth-order valence-corrected chi connectivity index (χ4v) is 2.34. The summed E-state index contributed by atoms with van der Waals surface area (Å²) in [4.78, 5) is 0. The Bertz CT molecular complexity index is 601. The Balaban J connectivity index is -0.000000722. The third kappa shape index (κ3) is 1.99. The van der Waals surface area contributed by atoms with Gasteiger partial charge in [-0.25, -0.2) is 0 Å². The summed E-state index contributed by atoms with van der Waals surface area (Å²) in [6.07, 6.45) is 0.988. The average Bonchev–Trinajstić information content (AvgIpc) is 2.29. The normalized spacial score (nSPS) is 9.86. The summed E-state index contributed by atoms with van der Waals surface area (Å²) in [6, 6.07) is 12.9. The number of rotatable bonds is 0. The molecule has 0 unspecified atom stereocenters. The van der Waals surface area contributed by atoms with Gasteiger partial charge in [-0.3, -0.25) is 0 Å². The smallest absolute Gasteiger partial charge is 0.106 e. The minimum atomic E-state index is 0. The molecule has 1 aliphatic rings. The average molecular weight is 1560 g/mol. The summed E-state index contributed by atoms with van der Waals surface area (Å²) in [7, 11) is 0. The Morgan fingerprint density at radius 1 is 0.727 bits per heavy atom. The van der Waals surface area contributed by atoms with Crippen LogP contribution < -0.4 is 4.74 Å². The van der Waals surface area contributed by atoms with Crippen LogP contribution in [0.5, 0.6) is 5.75 Å². The van der Waals surface area contributed by atoms with Crippen LogP contribution in [0.3, 0.4) is 0 Å². The Hall–Kier alpha value is -6.89. The van der Waals surface area contributed by atoms with E-state index in [1.54, 1.807) is 0 Å². The zero-order valence-corrected chi connectivity index (χ0v) is 45.9. The molecule has 1 heterocycles. The quantitative estimate of drug-likeness (QED) is 0.359. The van der Waals surface area contributed by atoms with E-state index in [2.05, 4.69) is 50.2 Å². The van der Waals surface area contributed by atoms with Crippen LogP contribution >= 0.6 is 0 Å². The van der Waals surface area contributed by atoms with Gasteiger partial charge < -0.3 is 4.74 Å². The van der Waals surface area contributed by atoms with Crippen molar-refractivity contribution in [1.82, 2.24) is 0 Å². The predicted molar refractivity (Wildman–Crippen MR) is 70.0 cm³/mol. The minimum Gasteiger partial charge on any atom is -0.521 e. The van der Waals surface area contributed by atoms with E-state index in [4.69, 9.17) is 4.74 Å². The van der Waals surface area contributed by atoms with E-state index >= 15 is 0 Å². The third-order valence-corrected chi connectivity index (χ3v) is 3.24. The van der Waals surface area contributed by atoms with Gasteiger partial charge in [0.2, 0.25) is 0 Å². The summed E-state index contributed by atoms with van der Waals surface area (Å²) in [5.74, 6) is 0.971. The number of benzene rings is 2. The fourth-order valence-electron chi connectivity index (χ4n) is 2.34. The van der Waals surface area contributed by atoms with E-state index in [-0.39, 0.29) is 0 Å². The van der Waals surface area contributed by atoms with E-state index < -0.39 is 0 Å². The molecule has 3 rings (SSSR count). The standard InChI is InChI=1S/C16H15O.5Rf/c1-10-4-6-13-14-7-5-11(2)9-16(14)17-12(3)15(13)8-10;;;;;/h4-9H,1-3H3;;;;;/q-1;;;;;. The van der Waals surface area contributed by atoms with Crippen LogP contribution in [0.1, 0.15) is 23.6 Å². The molecule has 0 saturated carbocycles. The predicted octanol–water partition coefficient (Wildman–Crippen LogP) is 4.26. The molecule has 0 fully saturated rings. The number of hydrogen-bond acceptors (Lipinski definition) is 1. The molecule has 2 aromatic rings. The molecule has 0 saturated heterocycles. The van der Waals surface area contributed by atoms with Crippen LogP contribution in [0.15, 0.2) is 36.4 Å². The van der Waals surface area contributed by atoms with Crippen LogP contribution in [-0.2, 0) is 0 Å². The number of ether oxygens (including phenoxy) is 1. The SMILES string of the molecule is Cc1ccc2c(c1)O[C-](C)c1cc(C)ccc1-2.[Rf].[Rf].[Rf].[Rf].[Rf]. The van der Waals surface area contributed by atoms with E-state index in [1.807, 2.05) is 6.92 Å². The summed E-state index contributed by atoms with van der Waals surface area (Å²) < 4.78 is 5.91. The van der Waals surface area contributed by atoms with Gasteiger partial charge in [-0.2, -0.15) is 6.07 Å². The molecular weight excluding hydrogens is 1540 g/mol. The summed E-state index contributed by atoms with van der Waals surface area (Å²) in [5.41, 5.74) is 6.17. The van der Waals surface area contributed by atoms with Crippen molar-refractivity contribution in [2.24, 2.45) is 0 Å². The van der Waals surface area contributed by atoms with Gasteiger partial charge in [0.1, 0.15) is 5.75 Å². The zero-order chi connectivity index (χ0) is 12.0. The van der Waals surface area contributed by atoms with Crippen LogP contribution in [0.2, 0.25) is 0 Å². The van der Waals surface area contributed by atoms with Crippen molar-refractivity contribution in [3.63, 3.8) is 0 Å². The van der Waals surface area contributed by atoms with Crippen LogP contribution in [0.25, 0.3) is 11.1 Å². The minimum absolute atomic E-state index is 0. The summed E-state index contributed by atoms with van der Waals surface area (Å²) in [6.45, 7) is 6.23. The number of hydrogen-bond donors (Lipinski definition) is 0. The first-order valence-electron chi connectivity index (χ1n) is 5.88. The molecule has 1 nitrogen and oxygen atoms in total. The molecule has 0 amide bonds. The second-order valence-corrected chi connectivity index (χ2v) is 4.71. The first-order chi connectivity index (χ1) is 8.15. The van der Waals surface area contributed by atoms with Crippen molar-refractivity contribution >= 4 is 0 Å². The van der Waals surface area contributed by atoms with E-state index in [0.717, 1.165) is 11.9 Å². The molecule has 0 N–H and O–H groups in total. The molecule has 0 spiro atoms. The second kappa shape index (κ2) is 5.44. The number of fused-ring (bicyclic) bond motifs is 3. The molecule has 0 aromatic heterocycles. The summed E-state index contributed by atoms with van der Waals surface area (Å²) >= 11 is 0. The van der Waals surface area contributed by atoms with Crippen molar-refractivity contribution in [3.05, 3.63) is 59.2 Å². The molecule has 0 atom stereocenters. The van der Waals surface area contributed by atoms with Crippen molar-refractivity contribution in [3.8, 4) is 16.9 Å².